The van der Waals surface area contributed by atoms with Gasteiger partial charge in [0.05, 0.1) is 20.3 Å². The number of nitrogens with zero attached hydrogens (tertiary/aromatic N) is 1. The van der Waals surface area contributed by atoms with Gasteiger partial charge in [0.1, 0.15) is 5.92 Å². The van der Waals surface area contributed by atoms with Crippen LogP contribution in [0.3, 0.4) is 0 Å². The van der Waals surface area contributed by atoms with E-state index in [-0.39, 0.29) is 11.9 Å². The Morgan fingerprint density at radius 1 is 1.07 bits per heavy atom. The van der Waals surface area contributed by atoms with Crippen molar-refractivity contribution >= 4 is 11.9 Å². The van der Waals surface area contributed by atoms with Crippen LogP contribution in [0.4, 0.5) is 0 Å². The van der Waals surface area contributed by atoms with Gasteiger partial charge in [-0.15, -0.1) is 0 Å². The molecule has 0 spiro atoms. The largest absolute Gasteiger partial charge is 0.493 e. The van der Waals surface area contributed by atoms with E-state index in [1.165, 1.54) is 7.11 Å². The van der Waals surface area contributed by atoms with Crippen LogP contribution in [0.2, 0.25) is 0 Å². The lowest BCUT2D eigenvalue weighted by Crippen LogP contribution is -2.48. The zero-order valence-corrected chi connectivity index (χ0v) is 15.8. The maximum Gasteiger partial charge on any atom is 0.313 e. The van der Waals surface area contributed by atoms with Crippen LogP contribution in [0.5, 0.6) is 11.5 Å². The minimum Gasteiger partial charge on any atom is -0.493 e. The molecule has 2 aromatic rings. The van der Waals surface area contributed by atoms with Gasteiger partial charge in [-0.2, -0.15) is 0 Å². The summed E-state index contributed by atoms with van der Waals surface area (Å²) in [7, 11) is 3.07. The maximum atomic E-state index is 13.2. The molecule has 0 radical (unpaired) electrons. The van der Waals surface area contributed by atoms with Crippen LogP contribution in [0.25, 0.3) is 0 Å². The summed E-state index contributed by atoms with van der Waals surface area (Å²) in [4.78, 5) is 27.1. The second kappa shape index (κ2) is 7.31. The van der Waals surface area contributed by atoms with Gasteiger partial charge in [0.25, 0.3) is 5.91 Å². The predicted octanol–water partition coefficient (Wildman–Crippen LogP) is 3.48. The number of carboxylic acid groups (broad SMARTS) is 1. The van der Waals surface area contributed by atoms with Crippen LogP contribution in [0, 0.1) is 0 Å². The smallest absolute Gasteiger partial charge is 0.313 e. The van der Waals surface area contributed by atoms with Gasteiger partial charge in [-0.05, 0) is 43.2 Å². The number of hydrogen-bond donors (Lipinski definition) is 1. The normalized spacial score (nSPS) is 19.0. The molecule has 1 aliphatic rings. The highest BCUT2D eigenvalue weighted by Crippen LogP contribution is 2.45. The summed E-state index contributed by atoms with van der Waals surface area (Å²) < 4.78 is 10.7. The van der Waals surface area contributed by atoms with Gasteiger partial charge in [-0.1, -0.05) is 24.3 Å². The van der Waals surface area contributed by atoms with E-state index in [0.29, 0.717) is 28.2 Å². The molecule has 0 saturated heterocycles. The highest BCUT2D eigenvalue weighted by molar-refractivity contribution is 6.00. The Bertz CT molecular complexity index is 877. The number of carbonyl (C=O) groups is 2. The Labute approximate surface area is 158 Å². The standard InChI is InChI=1S/C21H23NO5/c1-12(2)22-19(13-9-10-16(26-3)17(11-13)27-4)18(21(24)25)14-7-5-6-8-15(14)20(22)23/h5-12,18-19H,1-4H3,(H,24,25)/t18-,19-/m0/s1. The number of methoxy groups -OCH3 is 2. The highest BCUT2D eigenvalue weighted by Gasteiger charge is 2.45. The Morgan fingerprint density at radius 2 is 1.74 bits per heavy atom. The molecule has 0 aliphatic carbocycles. The molecule has 1 amide bonds. The van der Waals surface area contributed by atoms with E-state index in [4.69, 9.17) is 9.47 Å². The summed E-state index contributed by atoms with van der Waals surface area (Å²) >= 11 is 0. The van der Waals surface area contributed by atoms with Crippen molar-refractivity contribution in [2.75, 3.05) is 14.2 Å². The number of carbonyl (C=O) groups excluding carboxylic acids is 1. The van der Waals surface area contributed by atoms with Crippen LogP contribution in [-0.4, -0.2) is 42.1 Å². The molecule has 142 valence electrons. The lowest BCUT2D eigenvalue weighted by atomic mass is 9.79. The number of benzene rings is 2. The van der Waals surface area contributed by atoms with Gasteiger partial charge in [0, 0.05) is 11.6 Å². The van der Waals surface area contributed by atoms with E-state index >= 15 is 0 Å². The Kier molecular flexibility index (Phi) is 5.08. The predicted molar refractivity (Wildman–Crippen MR) is 100 cm³/mol. The van der Waals surface area contributed by atoms with Gasteiger partial charge < -0.3 is 19.5 Å². The molecular formula is C21H23NO5. The third kappa shape index (κ3) is 3.12. The van der Waals surface area contributed by atoms with Gasteiger partial charge in [0.15, 0.2) is 11.5 Å². The molecule has 0 aromatic heterocycles. The third-order valence-electron chi connectivity index (χ3n) is 4.95. The first-order chi connectivity index (χ1) is 12.9. The number of ether oxygens (including phenoxy) is 2. The topological polar surface area (TPSA) is 76.1 Å². The molecule has 1 aliphatic heterocycles. The van der Waals surface area contributed by atoms with Gasteiger partial charge >= 0.3 is 5.97 Å². The van der Waals surface area contributed by atoms with Gasteiger partial charge in [0.2, 0.25) is 0 Å². The summed E-state index contributed by atoms with van der Waals surface area (Å²) in [5, 5.41) is 10.0. The van der Waals surface area contributed by atoms with Crippen molar-refractivity contribution in [2.45, 2.75) is 31.8 Å². The Hall–Kier alpha value is -3.02. The third-order valence-corrected chi connectivity index (χ3v) is 4.95. The zero-order chi connectivity index (χ0) is 19.7. The summed E-state index contributed by atoms with van der Waals surface area (Å²) in [5.41, 5.74) is 1.67. The average molecular weight is 369 g/mol. The van der Waals surface area contributed by atoms with E-state index in [9.17, 15) is 14.7 Å². The first kappa shape index (κ1) is 18.8. The molecule has 3 rings (SSSR count). The highest BCUT2D eigenvalue weighted by atomic mass is 16.5. The number of aliphatic carboxylic acids is 1. The summed E-state index contributed by atoms with van der Waals surface area (Å²) in [6, 6.07) is 11.4. The minimum atomic E-state index is -0.972. The lowest BCUT2D eigenvalue weighted by molar-refractivity contribution is -0.140. The second-order valence-electron chi connectivity index (χ2n) is 6.77. The van der Waals surface area contributed by atoms with Crippen molar-refractivity contribution in [1.82, 2.24) is 4.90 Å². The number of carboxylic acids is 1. The molecule has 6 nitrogen and oxygen atoms in total. The molecule has 2 aromatic carbocycles. The molecule has 2 atom stereocenters. The molecule has 6 heteroatoms. The van der Waals surface area contributed by atoms with Crippen LogP contribution in [0.1, 0.15) is 47.3 Å². The SMILES string of the molecule is COc1ccc([C@H]2[C@@H](C(=O)O)c3ccccc3C(=O)N2C(C)C)cc1OC. The van der Waals surface area contributed by atoms with E-state index in [2.05, 4.69) is 0 Å². The lowest BCUT2D eigenvalue weighted by Gasteiger charge is -2.43. The summed E-state index contributed by atoms with van der Waals surface area (Å²) in [5.74, 6) is -0.974. The van der Waals surface area contributed by atoms with Crippen LogP contribution in [0.15, 0.2) is 42.5 Å². The Morgan fingerprint density at radius 3 is 2.33 bits per heavy atom. The minimum absolute atomic E-state index is 0.169. The van der Waals surface area contributed by atoms with E-state index < -0.39 is 17.9 Å². The average Bonchev–Trinajstić information content (AvgIpc) is 2.66. The van der Waals surface area contributed by atoms with Crippen molar-refractivity contribution in [3.8, 4) is 11.5 Å². The van der Waals surface area contributed by atoms with Crippen LogP contribution in [-0.2, 0) is 4.79 Å². The van der Waals surface area contributed by atoms with Crippen molar-refractivity contribution < 1.29 is 24.2 Å². The van der Waals surface area contributed by atoms with Crippen molar-refractivity contribution in [1.29, 1.82) is 0 Å². The molecule has 1 heterocycles. The van der Waals surface area contributed by atoms with Crippen LogP contribution < -0.4 is 9.47 Å². The molecule has 0 saturated carbocycles. The molecule has 1 N–H and O–H groups in total. The summed E-state index contributed by atoms with van der Waals surface area (Å²) in [6.07, 6.45) is 0. The number of hydrogen-bond acceptors (Lipinski definition) is 4. The fourth-order valence-corrected chi connectivity index (χ4v) is 3.77. The van der Waals surface area contributed by atoms with Gasteiger partial charge in [-0.25, -0.2) is 0 Å². The number of fused-ring (bicyclic) bond motifs is 1. The molecule has 27 heavy (non-hydrogen) atoms. The van der Waals surface area contributed by atoms with E-state index in [1.54, 1.807) is 54.5 Å². The fourth-order valence-electron chi connectivity index (χ4n) is 3.77. The van der Waals surface area contributed by atoms with Crippen LogP contribution >= 0.6 is 0 Å². The molecule has 0 fully saturated rings. The maximum absolute atomic E-state index is 13.2. The molecule has 0 unspecified atom stereocenters. The van der Waals surface area contributed by atoms with E-state index in [1.807, 2.05) is 13.8 Å². The zero-order valence-electron chi connectivity index (χ0n) is 15.8. The fraction of sp³-hybridized carbons (Fsp3) is 0.333. The number of rotatable bonds is 5. The Balaban J connectivity index is 2.24. The first-order valence-electron chi connectivity index (χ1n) is 8.77. The van der Waals surface area contributed by atoms with Crippen molar-refractivity contribution in [2.24, 2.45) is 0 Å². The molecular weight excluding hydrogens is 346 g/mol. The number of amides is 1. The van der Waals surface area contributed by atoms with E-state index in [0.717, 1.165) is 0 Å². The van der Waals surface area contributed by atoms with Crippen molar-refractivity contribution in [3.63, 3.8) is 0 Å². The second-order valence-corrected chi connectivity index (χ2v) is 6.77. The monoisotopic (exact) mass is 369 g/mol. The van der Waals surface area contributed by atoms with Gasteiger partial charge in [-0.3, -0.25) is 9.59 Å². The quantitative estimate of drug-likeness (QED) is 0.873. The molecule has 0 bridgehead atoms. The summed E-state index contributed by atoms with van der Waals surface area (Å²) in [6.45, 7) is 3.77. The van der Waals surface area contributed by atoms with Crippen molar-refractivity contribution in [3.05, 3.63) is 59.2 Å². The first-order valence-corrected chi connectivity index (χ1v) is 8.77.